The van der Waals surface area contributed by atoms with Crippen molar-refractivity contribution in [1.29, 1.82) is 0 Å². The van der Waals surface area contributed by atoms with Crippen LogP contribution in [0.2, 0.25) is 5.02 Å². The molecule has 5 rings (SSSR count). The van der Waals surface area contributed by atoms with Gasteiger partial charge in [0.15, 0.2) is 0 Å². The number of aliphatic hydroxyl groups excluding tert-OH is 3. The molecule has 0 saturated heterocycles. The average molecular weight is 606 g/mol. The highest BCUT2D eigenvalue weighted by atomic mass is 35.5. The number of aliphatic hydroxyl groups is 3. The molecule has 0 aromatic heterocycles. The third-order valence-electron chi connectivity index (χ3n) is 12.6. The second-order valence-electron chi connectivity index (χ2n) is 15.5. The number of fused-ring (bicyclic) bond motifs is 5. The molecular weight excluding hydrogens is 553 g/mol. The van der Waals surface area contributed by atoms with E-state index in [9.17, 15) is 24.5 Å². The fourth-order valence-corrected chi connectivity index (χ4v) is 10.6. The van der Waals surface area contributed by atoms with Crippen LogP contribution in [0, 0.1) is 58.1 Å². The second kappa shape index (κ2) is 12.3. The molecule has 0 spiro atoms. The summed E-state index contributed by atoms with van der Waals surface area (Å²) in [6.07, 6.45) is 6.20. The van der Waals surface area contributed by atoms with Gasteiger partial charge in [-0.1, -0.05) is 52.3 Å². The topological polar surface area (TPSA) is 81.0 Å². The van der Waals surface area contributed by atoms with E-state index >= 15 is 0 Å². The monoisotopic (exact) mass is 605 g/mol. The number of halogens is 2. The summed E-state index contributed by atoms with van der Waals surface area (Å²) in [5.41, 5.74) is 0.615. The molecule has 4 saturated carbocycles. The molecule has 0 aliphatic heterocycles. The highest BCUT2D eigenvalue weighted by molar-refractivity contribution is 6.30. The number of hydrogen-bond acceptors (Lipinski definition) is 4. The van der Waals surface area contributed by atoms with Gasteiger partial charge in [0, 0.05) is 19.5 Å². The number of rotatable bonds is 8. The smallest absolute Gasteiger partial charge is 0.222 e. The minimum Gasteiger partial charge on any atom is -0.393 e. The first kappa shape index (κ1) is 32.2. The highest BCUT2D eigenvalue weighted by Crippen LogP contribution is 2.68. The first-order valence-electron chi connectivity index (χ1n) is 16.5. The maximum atomic E-state index is 13.7. The van der Waals surface area contributed by atoms with Crippen LogP contribution in [0.3, 0.4) is 0 Å². The minimum atomic E-state index is -0.456. The van der Waals surface area contributed by atoms with Crippen molar-refractivity contribution in [2.75, 3.05) is 6.54 Å². The van der Waals surface area contributed by atoms with Crippen LogP contribution in [0.25, 0.3) is 0 Å². The highest BCUT2D eigenvalue weighted by Gasteiger charge is 2.65. The number of carbonyl (C=O) groups excluding carboxylic acids is 1. The lowest BCUT2D eigenvalue weighted by atomic mass is 9.43. The summed E-state index contributed by atoms with van der Waals surface area (Å²) in [6, 6.07) is 4.66. The van der Waals surface area contributed by atoms with Crippen molar-refractivity contribution in [2.45, 2.75) is 117 Å². The largest absolute Gasteiger partial charge is 0.393 e. The third-order valence-corrected chi connectivity index (χ3v) is 12.9. The van der Waals surface area contributed by atoms with Crippen molar-refractivity contribution in [2.24, 2.45) is 52.3 Å². The Kier molecular flexibility index (Phi) is 9.42. The second-order valence-corrected chi connectivity index (χ2v) is 15.9. The van der Waals surface area contributed by atoms with E-state index in [4.69, 9.17) is 11.6 Å². The van der Waals surface area contributed by atoms with E-state index in [1.165, 1.54) is 6.07 Å². The first-order chi connectivity index (χ1) is 19.7. The molecule has 42 heavy (non-hydrogen) atoms. The summed E-state index contributed by atoms with van der Waals surface area (Å²) in [7, 11) is 0. The molecule has 4 fully saturated rings. The molecule has 0 bridgehead atoms. The summed E-state index contributed by atoms with van der Waals surface area (Å²) < 4.78 is 13.7. The molecule has 4 aliphatic rings. The van der Waals surface area contributed by atoms with Crippen LogP contribution in [-0.4, -0.2) is 51.0 Å². The summed E-state index contributed by atoms with van der Waals surface area (Å²) >= 11 is 6.01. The fourth-order valence-electron chi connectivity index (χ4n) is 10.4. The Bertz CT molecular complexity index is 1130. The van der Waals surface area contributed by atoms with E-state index < -0.39 is 11.9 Å². The van der Waals surface area contributed by atoms with Crippen LogP contribution in [0.4, 0.5) is 4.39 Å². The van der Waals surface area contributed by atoms with E-state index in [-0.39, 0.29) is 57.6 Å². The van der Waals surface area contributed by atoms with E-state index in [1.807, 2.05) is 4.90 Å². The van der Waals surface area contributed by atoms with Crippen molar-refractivity contribution in [1.82, 2.24) is 4.90 Å². The Hall–Kier alpha value is -1.21. The molecule has 236 valence electrons. The normalized spacial score (nSPS) is 40.3. The molecule has 4 aliphatic carbocycles. The van der Waals surface area contributed by atoms with Gasteiger partial charge in [0.25, 0.3) is 0 Å². The van der Waals surface area contributed by atoms with Crippen molar-refractivity contribution in [3.8, 4) is 0 Å². The lowest BCUT2D eigenvalue weighted by Crippen LogP contribution is -2.62. The van der Waals surface area contributed by atoms with E-state index in [0.29, 0.717) is 37.3 Å². The molecule has 1 aromatic carbocycles. The summed E-state index contributed by atoms with van der Waals surface area (Å²) in [5, 5.41) is 33.8. The SMILES string of the molecule is CC(C)CN(Cc1ccc(F)c(Cl)c1)C(=O)CC[C@@H](C)[C@H]1CC[C@H]2[C@@H]3[C@H](O)C[C@@H]4C[C@H](O)CC[C@]4(C)[C@H]3C[C@H](O)[C@]12C. The maximum Gasteiger partial charge on any atom is 0.222 e. The summed E-state index contributed by atoms with van der Waals surface area (Å²) in [4.78, 5) is 15.4. The molecule has 3 N–H and O–H groups in total. The lowest BCUT2D eigenvalue weighted by molar-refractivity contribution is -0.207. The zero-order chi connectivity index (χ0) is 30.6. The van der Waals surface area contributed by atoms with Crippen LogP contribution < -0.4 is 0 Å². The van der Waals surface area contributed by atoms with Gasteiger partial charge < -0.3 is 20.2 Å². The van der Waals surface area contributed by atoms with Gasteiger partial charge in [-0.2, -0.15) is 0 Å². The molecular formula is C35H53ClFNO4. The molecule has 0 heterocycles. The van der Waals surface area contributed by atoms with Gasteiger partial charge in [-0.15, -0.1) is 0 Å². The van der Waals surface area contributed by atoms with Crippen LogP contribution in [0.15, 0.2) is 18.2 Å². The number of carbonyl (C=O) groups is 1. The predicted molar refractivity (Wildman–Crippen MR) is 164 cm³/mol. The molecule has 5 nitrogen and oxygen atoms in total. The maximum absolute atomic E-state index is 13.7. The first-order valence-corrected chi connectivity index (χ1v) is 16.9. The molecule has 0 radical (unpaired) electrons. The summed E-state index contributed by atoms with van der Waals surface area (Å²) in [6.45, 7) is 12.1. The third kappa shape index (κ3) is 5.79. The van der Waals surface area contributed by atoms with Gasteiger partial charge in [0.05, 0.1) is 23.3 Å². The Balaban J connectivity index is 1.27. The molecule has 1 amide bonds. The Morgan fingerprint density at radius 1 is 1.07 bits per heavy atom. The van der Waals surface area contributed by atoms with Gasteiger partial charge in [-0.3, -0.25) is 4.79 Å². The zero-order valence-corrected chi connectivity index (χ0v) is 27.0. The minimum absolute atomic E-state index is 0.0657. The Morgan fingerprint density at radius 2 is 1.81 bits per heavy atom. The summed E-state index contributed by atoms with van der Waals surface area (Å²) in [5.74, 6) is 1.58. The average Bonchev–Trinajstić information content (AvgIpc) is 3.28. The van der Waals surface area contributed by atoms with Crippen molar-refractivity contribution in [3.05, 3.63) is 34.6 Å². The molecule has 7 heteroatoms. The number of benzene rings is 1. The Labute approximate surface area is 257 Å². The number of nitrogens with zero attached hydrogens (tertiary/aromatic N) is 1. The fraction of sp³-hybridized carbons (Fsp3) is 0.800. The van der Waals surface area contributed by atoms with Crippen LogP contribution >= 0.6 is 11.6 Å². The molecule has 0 unspecified atom stereocenters. The van der Waals surface area contributed by atoms with E-state index in [0.717, 1.165) is 56.9 Å². The Morgan fingerprint density at radius 3 is 2.50 bits per heavy atom. The van der Waals surface area contributed by atoms with E-state index in [2.05, 4.69) is 34.6 Å². The quantitative estimate of drug-likeness (QED) is 0.303. The van der Waals surface area contributed by atoms with Gasteiger partial charge in [0.1, 0.15) is 5.82 Å². The van der Waals surface area contributed by atoms with Crippen LogP contribution in [0.5, 0.6) is 0 Å². The van der Waals surface area contributed by atoms with Gasteiger partial charge in [-0.25, -0.2) is 4.39 Å². The van der Waals surface area contributed by atoms with Crippen molar-refractivity contribution in [3.63, 3.8) is 0 Å². The lowest BCUT2D eigenvalue weighted by Gasteiger charge is -2.63. The van der Waals surface area contributed by atoms with Gasteiger partial charge in [-0.05, 0) is 121 Å². The number of hydrogen-bond donors (Lipinski definition) is 3. The van der Waals surface area contributed by atoms with Gasteiger partial charge >= 0.3 is 0 Å². The van der Waals surface area contributed by atoms with Crippen molar-refractivity contribution >= 4 is 17.5 Å². The zero-order valence-electron chi connectivity index (χ0n) is 26.2. The van der Waals surface area contributed by atoms with Gasteiger partial charge in [0.2, 0.25) is 5.91 Å². The number of amides is 1. The van der Waals surface area contributed by atoms with Crippen LogP contribution in [0.1, 0.15) is 98.0 Å². The van der Waals surface area contributed by atoms with E-state index in [1.54, 1.807) is 12.1 Å². The standard InChI is InChI=1S/C35H53ClFNO4/c1-20(2)18-38(19-22-7-10-29(37)28(36)14-22)32(42)11-6-21(3)25-8-9-26-33-27(17-31(41)35(25,26)5)34(4)13-12-24(39)15-23(34)16-30(33)40/h7,10,14,20-21,23-27,30-31,33,39-41H,6,8-9,11-13,15-19H2,1-5H3/t21-,23+,24-,25-,26+,27+,30-,31+,33+,34+,35-/m1/s1. The predicted octanol–water partition coefficient (Wildman–Crippen LogP) is 6.84. The molecule has 11 atom stereocenters. The molecule has 1 aromatic rings. The van der Waals surface area contributed by atoms with Crippen LogP contribution in [-0.2, 0) is 11.3 Å². The van der Waals surface area contributed by atoms with Crippen molar-refractivity contribution < 1.29 is 24.5 Å².